The molecular formula is C11H17FO4. The van der Waals surface area contributed by atoms with Crippen LogP contribution in [0.15, 0.2) is 0 Å². The lowest BCUT2D eigenvalue weighted by atomic mass is 9.83. The Morgan fingerprint density at radius 1 is 1.50 bits per heavy atom. The Morgan fingerprint density at radius 3 is 2.56 bits per heavy atom. The monoisotopic (exact) mass is 232 g/mol. The summed E-state index contributed by atoms with van der Waals surface area (Å²) in [5.41, 5.74) is 0. The number of cyclic esters (lactones) is 1. The van der Waals surface area contributed by atoms with Gasteiger partial charge in [-0.2, -0.15) is 0 Å². The van der Waals surface area contributed by atoms with Gasteiger partial charge in [0.15, 0.2) is 5.78 Å². The van der Waals surface area contributed by atoms with Crippen molar-refractivity contribution in [3.8, 4) is 0 Å². The SMILES string of the molecule is CC[C@@H](O)[C@H](C)[C@H]1OC(=O)C(F)C(=O)C1C. The van der Waals surface area contributed by atoms with E-state index in [-0.39, 0.29) is 5.92 Å². The molecule has 0 aromatic carbocycles. The van der Waals surface area contributed by atoms with Gasteiger partial charge in [0, 0.05) is 5.92 Å². The Balaban J connectivity index is 2.81. The maximum Gasteiger partial charge on any atom is 0.348 e. The van der Waals surface area contributed by atoms with Crippen LogP contribution in [0.3, 0.4) is 0 Å². The molecule has 0 aromatic rings. The van der Waals surface area contributed by atoms with Gasteiger partial charge in [0.1, 0.15) is 6.10 Å². The highest BCUT2D eigenvalue weighted by molar-refractivity contribution is 6.04. The van der Waals surface area contributed by atoms with Crippen molar-refractivity contribution in [2.75, 3.05) is 0 Å². The molecule has 0 radical (unpaired) electrons. The molecule has 16 heavy (non-hydrogen) atoms. The summed E-state index contributed by atoms with van der Waals surface area (Å²) in [5.74, 6) is -2.97. The van der Waals surface area contributed by atoms with Crippen LogP contribution in [0.1, 0.15) is 27.2 Å². The molecule has 1 heterocycles. The lowest BCUT2D eigenvalue weighted by Gasteiger charge is -2.35. The maximum absolute atomic E-state index is 13.1. The summed E-state index contributed by atoms with van der Waals surface area (Å²) < 4.78 is 17.9. The molecule has 5 heteroatoms. The normalized spacial score (nSPS) is 34.4. The van der Waals surface area contributed by atoms with Crippen molar-refractivity contribution in [1.82, 2.24) is 0 Å². The summed E-state index contributed by atoms with van der Waals surface area (Å²) in [6, 6.07) is 0. The van der Waals surface area contributed by atoms with Gasteiger partial charge in [-0.25, -0.2) is 9.18 Å². The van der Waals surface area contributed by atoms with Gasteiger partial charge in [-0.1, -0.05) is 20.8 Å². The molecule has 0 bridgehead atoms. The van der Waals surface area contributed by atoms with Gasteiger partial charge in [-0.05, 0) is 6.42 Å². The first-order valence-electron chi connectivity index (χ1n) is 5.46. The van der Waals surface area contributed by atoms with E-state index in [1.807, 2.05) is 0 Å². The van der Waals surface area contributed by atoms with Crippen molar-refractivity contribution in [1.29, 1.82) is 0 Å². The molecule has 1 N–H and O–H groups in total. The molecule has 1 aliphatic rings. The predicted octanol–water partition coefficient (Wildman–Crippen LogP) is 0.862. The van der Waals surface area contributed by atoms with E-state index in [0.29, 0.717) is 6.42 Å². The average Bonchev–Trinajstić information content (AvgIpc) is 2.29. The molecule has 0 aromatic heterocycles. The standard InChI is InChI=1S/C11H17FO4/c1-4-7(13)5(2)10-6(3)9(14)8(12)11(15)16-10/h5-8,10,13H,4H2,1-3H3/t5-,6?,7+,8?,10+/m0/s1. The molecule has 4 nitrogen and oxygen atoms in total. The van der Waals surface area contributed by atoms with Crippen LogP contribution < -0.4 is 0 Å². The highest BCUT2D eigenvalue weighted by Crippen LogP contribution is 2.28. The second-order valence-corrected chi connectivity index (χ2v) is 4.29. The van der Waals surface area contributed by atoms with Crippen LogP contribution in [0.4, 0.5) is 4.39 Å². The fourth-order valence-corrected chi connectivity index (χ4v) is 1.96. The molecule has 0 amide bonds. The topological polar surface area (TPSA) is 63.6 Å². The number of esters is 1. The molecular weight excluding hydrogens is 215 g/mol. The smallest absolute Gasteiger partial charge is 0.348 e. The highest BCUT2D eigenvalue weighted by Gasteiger charge is 2.46. The number of rotatable bonds is 3. The number of aliphatic hydroxyl groups is 1. The van der Waals surface area contributed by atoms with E-state index in [9.17, 15) is 19.1 Å². The number of hydrogen-bond donors (Lipinski definition) is 1. The van der Waals surface area contributed by atoms with E-state index >= 15 is 0 Å². The van der Waals surface area contributed by atoms with E-state index < -0.39 is 36.1 Å². The number of hydrogen-bond acceptors (Lipinski definition) is 4. The summed E-state index contributed by atoms with van der Waals surface area (Å²) >= 11 is 0. The molecule has 1 saturated heterocycles. The largest absolute Gasteiger partial charge is 0.459 e. The van der Waals surface area contributed by atoms with Gasteiger partial charge in [0.2, 0.25) is 0 Å². The Morgan fingerprint density at radius 2 is 2.06 bits per heavy atom. The van der Waals surface area contributed by atoms with E-state index in [4.69, 9.17) is 4.74 Å². The van der Waals surface area contributed by atoms with Crippen LogP contribution in [0.2, 0.25) is 0 Å². The van der Waals surface area contributed by atoms with Gasteiger partial charge in [0.05, 0.1) is 12.0 Å². The number of ketones is 1. The number of carbonyl (C=O) groups is 2. The molecule has 0 aliphatic carbocycles. The van der Waals surface area contributed by atoms with Crippen molar-refractivity contribution in [3.63, 3.8) is 0 Å². The third-order valence-electron chi connectivity index (χ3n) is 3.19. The van der Waals surface area contributed by atoms with Crippen molar-refractivity contribution in [2.45, 2.75) is 45.6 Å². The first-order valence-corrected chi connectivity index (χ1v) is 5.46. The first kappa shape index (κ1) is 13.1. The van der Waals surface area contributed by atoms with E-state index in [0.717, 1.165) is 0 Å². The predicted molar refractivity (Wildman–Crippen MR) is 54.4 cm³/mol. The average molecular weight is 232 g/mol. The molecule has 0 spiro atoms. The second kappa shape index (κ2) is 4.91. The number of carbonyl (C=O) groups excluding carboxylic acids is 2. The van der Waals surface area contributed by atoms with Crippen LogP contribution in [-0.2, 0) is 14.3 Å². The molecule has 92 valence electrons. The third kappa shape index (κ3) is 2.24. The molecule has 1 fully saturated rings. The minimum Gasteiger partial charge on any atom is -0.459 e. The van der Waals surface area contributed by atoms with Crippen molar-refractivity contribution < 1.29 is 23.8 Å². The van der Waals surface area contributed by atoms with Crippen LogP contribution in [0.5, 0.6) is 0 Å². The van der Waals surface area contributed by atoms with Crippen LogP contribution in [0, 0.1) is 11.8 Å². The number of halogens is 1. The lowest BCUT2D eigenvalue weighted by molar-refractivity contribution is -0.177. The van der Waals surface area contributed by atoms with Gasteiger partial charge >= 0.3 is 5.97 Å². The van der Waals surface area contributed by atoms with Crippen LogP contribution in [0.25, 0.3) is 0 Å². The summed E-state index contributed by atoms with van der Waals surface area (Å²) in [4.78, 5) is 22.5. The maximum atomic E-state index is 13.1. The minimum atomic E-state index is -2.17. The zero-order valence-electron chi connectivity index (χ0n) is 9.64. The zero-order valence-corrected chi connectivity index (χ0v) is 9.64. The molecule has 2 unspecified atom stereocenters. The quantitative estimate of drug-likeness (QED) is 0.579. The second-order valence-electron chi connectivity index (χ2n) is 4.29. The highest BCUT2D eigenvalue weighted by atomic mass is 19.1. The van der Waals surface area contributed by atoms with Crippen LogP contribution in [-0.4, -0.2) is 35.2 Å². The Labute approximate surface area is 93.8 Å². The van der Waals surface area contributed by atoms with Gasteiger partial charge < -0.3 is 9.84 Å². The summed E-state index contributed by atoms with van der Waals surface area (Å²) in [5, 5.41) is 9.64. The third-order valence-corrected chi connectivity index (χ3v) is 3.19. The first-order chi connectivity index (χ1) is 7.40. The number of alkyl halides is 1. The number of Topliss-reactive ketones (excluding diaryl/α,β-unsaturated/α-hetero) is 1. The number of ether oxygens (including phenoxy) is 1. The lowest BCUT2D eigenvalue weighted by Crippen LogP contribution is -2.50. The van der Waals surface area contributed by atoms with E-state index in [2.05, 4.69) is 0 Å². The van der Waals surface area contributed by atoms with Crippen molar-refractivity contribution in [3.05, 3.63) is 0 Å². The minimum absolute atomic E-state index is 0.375. The summed E-state index contributed by atoms with van der Waals surface area (Å²) in [7, 11) is 0. The van der Waals surface area contributed by atoms with Crippen molar-refractivity contribution in [2.24, 2.45) is 11.8 Å². The van der Waals surface area contributed by atoms with Crippen LogP contribution >= 0.6 is 0 Å². The van der Waals surface area contributed by atoms with E-state index in [1.54, 1.807) is 13.8 Å². The van der Waals surface area contributed by atoms with Crippen molar-refractivity contribution >= 4 is 11.8 Å². The van der Waals surface area contributed by atoms with Gasteiger partial charge in [-0.3, -0.25) is 4.79 Å². The fraction of sp³-hybridized carbons (Fsp3) is 0.818. The molecule has 0 saturated carbocycles. The fourth-order valence-electron chi connectivity index (χ4n) is 1.96. The number of aliphatic hydroxyl groups excluding tert-OH is 1. The Kier molecular flexibility index (Phi) is 4.02. The molecule has 1 rings (SSSR count). The van der Waals surface area contributed by atoms with Gasteiger partial charge in [-0.15, -0.1) is 0 Å². The summed E-state index contributed by atoms with van der Waals surface area (Å²) in [6.45, 7) is 5.00. The molecule has 1 aliphatic heterocycles. The zero-order chi connectivity index (χ0) is 12.5. The van der Waals surface area contributed by atoms with Gasteiger partial charge in [0.25, 0.3) is 6.17 Å². The Hall–Kier alpha value is -0.970. The Bertz CT molecular complexity index is 292. The molecule has 5 atom stereocenters. The summed E-state index contributed by atoms with van der Waals surface area (Å²) in [6.07, 6.45) is -3.07. The van der Waals surface area contributed by atoms with E-state index in [1.165, 1.54) is 6.92 Å².